The summed E-state index contributed by atoms with van der Waals surface area (Å²) in [5, 5.41) is 6.38. The molecule has 1 aromatic heterocycles. The molecule has 1 aliphatic rings. The van der Waals surface area contributed by atoms with Gasteiger partial charge in [-0.3, -0.25) is 9.59 Å². The predicted octanol–water partition coefficient (Wildman–Crippen LogP) is 2.36. The van der Waals surface area contributed by atoms with Crippen LogP contribution in [0.2, 0.25) is 0 Å². The van der Waals surface area contributed by atoms with Crippen LogP contribution in [0.4, 0.5) is 11.5 Å². The summed E-state index contributed by atoms with van der Waals surface area (Å²) in [6, 6.07) is 8.66. The fourth-order valence-corrected chi connectivity index (χ4v) is 2.35. The van der Waals surface area contributed by atoms with E-state index in [0.717, 1.165) is 12.1 Å². The minimum Gasteiger partial charge on any atom is -0.360 e. The number of rotatable bonds is 3. The van der Waals surface area contributed by atoms with Crippen molar-refractivity contribution in [2.45, 2.75) is 19.8 Å². The highest BCUT2D eigenvalue weighted by Crippen LogP contribution is 2.22. The molecule has 0 unspecified atom stereocenters. The highest BCUT2D eigenvalue weighted by molar-refractivity contribution is 6.05. The summed E-state index contributed by atoms with van der Waals surface area (Å²) in [5.41, 5.74) is 1.23. The molecule has 0 saturated carbocycles. The first-order chi connectivity index (χ1) is 10.1. The minimum absolute atomic E-state index is 0.0969. The molecule has 1 saturated heterocycles. The predicted molar refractivity (Wildman–Crippen MR) is 77.2 cm³/mol. The standard InChI is InChI=1S/C15H15N3O3/c1-10-8-13(17-21-10)16-15(20)11-4-2-5-12(9-11)18-7-3-6-14(18)19/h2,4-5,8-9H,3,6-7H2,1H3,(H,16,17,20). The van der Waals surface area contributed by atoms with E-state index in [1.54, 1.807) is 36.1 Å². The quantitative estimate of drug-likeness (QED) is 0.939. The Morgan fingerprint density at radius 3 is 2.90 bits per heavy atom. The summed E-state index contributed by atoms with van der Waals surface area (Å²) < 4.78 is 4.90. The van der Waals surface area contributed by atoms with Crippen LogP contribution >= 0.6 is 0 Å². The van der Waals surface area contributed by atoms with Gasteiger partial charge >= 0.3 is 0 Å². The van der Waals surface area contributed by atoms with Gasteiger partial charge in [0.25, 0.3) is 5.91 Å². The fraction of sp³-hybridized carbons (Fsp3) is 0.267. The average molecular weight is 285 g/mol. The summed E-state index contributed by atoms with van der Waals surface area (Å²) in [6.07, 6.45) is 1.42. The number of hydrogen-bond donors (Lipinski definition) is 1. The van der Waals surface area contributed by atoms with Gasteiger partial charge in [0.15, 0.2) is 5.82 Å². The van der Waals surface area contributed by atoms with E-state index < -0.39 is 0 Å². The Morgan fingerprint density at radius 1 is 1.38 bits per heavy atom. The van der Waals surface area contributed by atoms with Crippen LogP contribution in [-0.4, -0.2) is 23.5 Å². The van der Waals surface area contributed by atoms with Gasteiger partial charge in [0.05, 0.1) is 0 Å². The van der Waals surface area contributed by atoms with Gasteiger partial charge in [-0.05, 0) is 31.5 Å². The topological polar surface area (TPSA) is 75.4 Å². The van der Waals surface area contributed by atoms with Crippen molar-refractivity contribution < 1.29 is 14.1 Å². The molecule has 2 amide bonds. The van der Waals surface area contributed by atoms with Crippen molar-refractivity contribution in [3.05, 3.63) is 41.7 Å². The zero-order valence-electron chi connectivity index (χ0n) is 11.6. The Labute approximate surface area is 121 Å². The second-order valence-corrected chi connectivity index (χ2v) is 4.98. The lowest BCUT2D eigenvalue weighted by Crippen LogP contribution is -2.24. The number of carbonyl (C=O) groups is 2. The van der Waals surface area contributed by atoms with E-state index in [2.05, 4.69) is 10.5 Å². The van der Waals surface area contributed by atoms with Gasteiger partial charge in [0.2, 0.25) is 5.91 Å². The van der Waals surface area contributed by atoms with E-state index in [9.17, 15) is 9.59 Å². The maximum absolute atomic E-state index is 12.2. The van der Waals surface area contributed by atoms with Gasteiger partial charge in [0, 0.05) is 30.3 Å². The molecule has 3 rings (SSSR count). The molecule has 0 radical (unpaired) electrons. The smallest absolute Gasteiger partial charge is 0.256 e. The third-order valence-corrected chi connectivity index (χ3v) is 3.36. The summed E-state index contributed by atoms with van der Waals surface area (Å²) in [5.74, 6) is 0.818. The molecule has 0 atom stereocenters. The van der Waals surface area contributed by atoms with Gasteiger partial charge < -0.3 is 14.7 Å². The normalized spacial score (nSPS) is 14.5. The first-order valence-electron chi connectivity index (χ1n) is 6.78. The number of aryl methyl sites for hydroxylation is 1. The van der Waals surface area contributed by atoms with Crippen LogP contribution in [0.1, 0.15) is 29.0 Å². The van der Waals surface area contributed by atoms with E-state index in [1.165, 1.54) is 0 Å². The summed E-state index contributed by atoms with van der Waals surface area (Å²) >= 11 is 0. The number of aromatic nitrogens is 1. The molecule has 0 aliphatic carbocycles. The Bertz CT molecular complexity index is 693. The average Bonchev–Trinajstić information content (AvgIpc) is 3.07. The van der Waals surface area contributed by atoms with Crippen molar-refractivity contribution in [3.63, 3.8) is 0 Å². The van der Waals surface area contributed by atoms with Gasteiger partial charge in [0.1, 0.15) is 5.76 Å². The maximum Gasteiger partial charge on any atom is 0.256 e. The van der Waals surface area contributed by atoms with Crippen molar-refractivity contribution in [2.75, 3.05) is 16.8 Å². The number of anilines is 2. The molecule has 1 aromatic carbocycles. The minimum atomic E-state index is -0.281. The molecule has 6 heteroatoms. The summed E-state index contributed by atoms with van der Waals surface area (Å²) in [4.78, 5) is 25.6. The van der Waals surface area contributed by atoms with Crippen molar-refractivity contribution in [2.24, 2.45) is 0 Å². The molecule has 2 aromatic rings. The highest BCUT2D eigenvalue weighted by Gasteiger charge is 2.22. The number of nitrogens with zero attached hydrogens (tertiary/aromatic N) is 2. The molecule has 1 N–H and O–H groups in total. The zero-order valence-corrected chi connectivity index (χ0v) is 11.6. The highest BCUT2D eigenvalue weighted by atomic mass is 16.5. The van der Waals surface area contributed by atoms with E-state index in [4.69, 9.17) is 4.52 Å². The van der Waals surface area contributed by atoms with Gasteiger partial charge in [-0.15, -0.1) is 0 Å². The Balaban J connectivity index is 1.79. The molecular weight excluding hydrogens is 270 g/mol. The second-order valence-electron chi connectivity index (χ2n) is 4.98. The number of amides is 2. The molecule has 1 fully saturated rings. The van der Waals surface area contributed by atoms with Gasteiger partial charge in [-0.25, -0.2) is 0 Å². The van der Waals surface area contributed by atoms with E-state index >= 15 is 0 Å². The van der Waals surface area contributed by atoms with Crippen LogP contribution < -0.4 is 10.2 Å². The van der Waals surface area contributed by atoms with Crippen LogP contribution in [0, 0.1) is 6.92 Å². The Hall–Kier alpha value is -2.63. The van der Waals surface area contributed by atoms with Crippen LogP contribution in [0.15, 0.2) is 34.9 Å². The molecule has 1 aliphatic heterocycles. The lowest BCUT2D eigenvalue weighted by molar-refractivity contribution is -0.117. The lowest BCUT2D eigenvalue weighted by Gasteiger charge is -2.16. The molecule has 6 nitrogen and oxygen atoms in total. The van der Waals surface area contributed by atoms with Crippen molar-refractivity contribution in [1.82, 2.24) is 5.16 Å². The van der Waals surface area contributed by atoms with Crippen molar-refractivity contribution in [3.8, 4) is 0 Å². The first-order valence-corrected chi connectivity index (χ1v) is 6.78. The molecular formula is C15H15N3O3. The fourth-order valence-electron chi connectivity index (χ4n) is 2.35. The van der Waals surface area contributed by atoms with Gasteiger partial charge in [-0.2, -0.15) is 0 Å². The third kappa shape index (κ3) is 2.79. The van der Waals surface area contributed by atoms with Crippen LogP contribution in [0.3, 0.4) is 0 Å². The number of carbonyl (C=O) groups excluding carboxylic acids is 2. The number of nitrogens with one attached hydrogen (secondary N) is 1. The van der Waals surface area contributed by atoms with Crippen LogP contribution in [-0.2, 0) is 4.79 Å². The Morgan fingerprint density at radius 2 is 2.24 bits per heavy atom. The van der Waals surface area contributed by atoms with Crippen molar-refractivity contribution in [1.29, 1.82) is 0 Å². The maximum atomic E-state index is 12.2. The van der Waals surface area contributed by atoms with E-state index in [-0.39, 0.29) is 11.8 Å². The van der Waals surface area contributed by atoms with E-state index in [1.807, 2.05) is 6.07 Å². The molecule has 21 heavy (non-hydrogen) atoms. The second kappa shape index (κ2) is 5.40. The third-order valence-electron chi connectivity index (χ3n) is 3.36. The number of hydrogen-bond acceptors (Lipinski definition) is 4. The molecule has 108 valence electrons. The van der Waals surface area contributed by atoms with E-state index in [0.29, 0.717) is 30.1 Å². The SMILES string of the molecule is Cc1cc(NC(=O)c2cccc(N3CCCC3=O)c2)no1. The lowest BCUT2D eigenvalue weighted by atomic mass is 10.1. The molecule has 0 bridgehead atoms. The summed E-state index contributed by atoms with van der Waals surface area (Å²) in [6.45, 7) is 2.45. The van der Waals surface area contributed by atoms with Crippen LogP contribution in [0.5, 0.6) is 0 Å². The molecule has 0 spiro atoms. The first kappa shape index (κ1) is 13.4. The van der Waals surface area contributed by atoms with Crippen LogP contribution in [0.25, 0.3) is 0 Å². The summed E-state index contributed by atoms with van der Waals surface area (Å²) in [7, 11) is 0. The largest absolute Gasteiger partial charge is 0.360 e. The monoisotopic (exact) mass is 285 g/mol. The number of benzene rings is 1. The molecule has 2 heterocycles. The Kier molecular flexibility index (Phi) is 3.43. The van der Waals surface area contributed by atoms with Crippen molar-refractivity contribution >= 4 is 23.3 Å². The zero-order chi connectivity index (χ0) is 14.8. The van der Waals surface area contributed by atoms with Gasteiger partial charge in [-0.1, -0.05) is 11.2 Å².